The van der Waals surface area contributed by atoms with Gasteiger partial charge in [-0.2, -0.15) is 0 Å². The van der Waals surface area contributed by atoms with Crippen LogP contribution in [-0.2, 0) is 4.79 Å². The zero-order valence-corrected chi connectivity index (χ0v) is 12.7. The van der Waals surface area contributed by atoms with Crippen molar-refractivity contribution in [3.05, 3.63) is 42.2 Å². The molecule has 0 saturated carbocycles. The van der Waals surface area contributed by atoms with E-state index in [4.69, 9.17) is 5.73 Å². The number of nitrogens with two attached hydrogens (primary N) is 1. The first-order valence-electron chi connectivity index (χ1n) is 7.62. The predicted molar refractivity (Wildman–Crippen MR) is 85.9 cm³/mol. The molecule has 1 aromatic carbocycles. The first kappa shape index (κ1) is 14.5. The van der Waals surface area contributed by atoms with Crippen molar-refractivity contribution >= 4 is 11.9 Å². The van der Waals surface area contributed by atoms with Gasteiger partial charge in [0.05, 0.1) is 11.7 Å². The molecule has 1 aliphatic rings. The first-order valence-corrected chi connectivity index (χ1v) is 7.62. The molecule has 0 unspecified atom stereocenters. The van der Waals surface area contributed by atoms with E-state index in [0.29, 0.717) is 0 Å². The van der Waals surface area contributed by atoms with Gasteiger partial charge >= 0.3 is 0 Å². The van der Waals surface area contributed by atoms with Crippen LogP contribution < -0.4 is 5.73 Å². The Kier molecular flexibility index (Phi) is 4.04. The molecule has 114 valence electrons. The van der Waals surface area contributed by atoms with Gasteiger partial charge in [-0.25, -0.2) is 9.97 Å². The fourth-order valence-corrected chi connectivity index (χ4v) is 3.10. The van der Waals surface area contributed by atoms with Crippen LogP contribution in [0.2, 0.25) is 0 Å². The number of benzene rings is 1. The van der Waals surface area contributed by atoms with Crippen LogP contribution in [0.3, 0.4) is 0 Å². The van der Waals surface area contributed by atoms with Crippen LogP contribution in [0, 0.1) is 0 Å². The van der Waals surface area contributed by atoms with Gasteiger partial charge in [-0.05, 0) is 24.8 Å². The molecule has 3 rings (SSSR count). The summed E-state index contributed by atoms with van der Waals surface area (Å²) < 4.78 is 0. The highest BCUT2D eigenvalue weighted by Crippen LogP contribution is 2.35. The molecule has 1 saturated heterocycles. The van der Waals surface area contributed by atoms with Crippen molar-refractivity contribution in [3.63, 3.8) is 0 Å². The van der Waals surface area contributed by atoms with E-state index in [0.717, 1.165) is 42.6 Å². The van der Waals surface area contributed by atoms with Gasteiger partial charge in [-0.1, -0.05) is 30.3 Å². The molecular weight excluding hydrogens is 276 g/mol. The highest BCUT2D eigenvalue weighted by Gasteiger charge is 2.29. The number of rotatable bonds is 2. The third kappa shape index (κ3) is 2.79. The number of anilines is 1. The zero-order valence-electron chi connectivity index (χ0n) is 12.7. The highest BCUT2D eigenvalue weighted by atomic mass is 16.2. The van der Waals surface area contributed by atoms with E-state index >= 15 is 0 Å². The maximum absolute atomic E-state index is 12.0. The maximum atomic E-state index is 12.0. The second kappa shape index (κ2) is 6.13. The van der Waals surface area contributed by atoms with Crippen LogP contribution in [0.4, 0.5) is 5.95 Å². The van der Waals surface area contributed by atoms with Crippen LogP contribution >= 0.6 is 0 Å². The lowest BCUT2D eigenvalue weighted by molar-refractivity contribution is -0.132. The highest BCUT2D eigenvalue weighted by molar-refractivity contribution is 5.75. The van der Waals surface area contributed by atoms with Crippen molar-refractivity contribution in [1.29, 1.82) is 0 Å². The Bertz CT molecular complexity index is 672. The minimum Gasteiger partial charge on any atom is -0.368 e. The van der Waals surface area contributed by atoms with Gasteiger partial charge in [-0.3, -0.25) is 4.79 Å². The van der Waals surface area contributed by atoms with Crippen LogP contribution in [0.25, 0.3) is 11.1 Å². The Labute approximate surface area is 130 Å². The molecular formula is C17H20N4O. The Hall–Kier alpha value is -2.43. The number of hydrogen-bond acceptors (Lipinski definition) is 4. The fraction of sp³-hybridized carbons (Fsp3) is 0.353. The standard InChI is InChI=1S/C17H20N4O/c1-12(22)21-10-6-5-9-15(21)16-14(11-19-17(18)20-16)13-7-3-2-4-8-13/h2-4,7-8,11,15H,5-6,9-10H2,1H3,(H2,18,19,20)/t15-/m0/s1. The van der Waals surface area contributed by atoms with E-state index < -0.39 is 0 Å². The summed E-state index contributed by atoms with van der Waals surface area (Å²) in [5.74, 6) is 0.338. The molecule has 2 aromatic rings. The molecule has 1 atom stereocenters. The summed E-state index contributed by atoms with van der Waals surface area (Å²) >= 11 is 0. The van der Waals surface area contributed by atoms with Crippen LogP contribution in [0.15, 0.2) is 36.5 Å². The van der Waals surface area contributed by atoms with E-state index in [-0.39, 0.29) is 17.9 Å². The average Bonchev–Trinajstić information content (AvgIpc) is 2.55. The Morgan fingerprint density at radius 2 is 2.05 bits per heavy atom. The molecule has 0 radical (unpaired) electrons. The third-order valence-electron chi connectivity index (χ3n) is 4.14. The normalized spacial score (nSPS) is 18.2. The fourth-order valence-electron chi connectivity index (χ4n) is 3.10. The molecule has 1 aliphatic heterocycles. The number of piperidine rings is 1. The summed E-state index contributed by atoms with van der Waals surface area (Å²) in [6.45, 7) is 2.39. The summed E-state index contributed by atoms with van der Waals surface area (Å²) in [7, 11) is 0. The summed E-state index contributed by atoms with van der Waals surface area (Å²) in [4.78, 5) is 22.5. The number of hydrogen-bond donors (Lipinski definition) is 1. The van der Waals surface area contributed by atoms with Crippen LogP contribution in [-0.4, -0.2) is 27.3 Å². The smallest absolute Gasteiger partial charge is 0.220 e. The van der Waals surface area contributed by atoms with Gasteiger partial charge in [0, 0.05) is 25.2 Å². The second-order valence-electron chi connectivity index (χ2n) is 5.62. The van der Waals surface area contributed by atoms with Crippen molar-refractivity contribution in [2.45, 2.75) is 32.2 Å². The topological polar surface area (TPSA) is 72.1 Å². The second-order valence-corrected chi connectivity index (χ2v) is 5.62. The number of likely N-dealkylation sites (tertiary alicyclic amines) is 1. The predicted octanol–water partition coefficient (Wildman–Crippen LogP) is 2.80. The molecule has 1 amide bonds. The molecule has 1 aromatic heterocycles. The van der Waals surface area contributed by atoms with Crippen molar-refractivity contribution in [1.82, 2.24) is 14.9 Å². The quantitative estimate of drug-likeness (QED) is 0.925. The van der Waals surface area contributed by atoms with Crippen molar-refractivity contribution in [3.8, 4) is 11.1 Å². The van der Waals surface area contributed by atoms with Crippen LogP contribution in [0.5, 0.6) is 0 Å². The number of carbonyl (C=O) groups is 1. The third-order valence-corrected chi connectivity index (χ3v) is 4.14. The van der Waals surface area contributed by atoms with E-state index in [9.17, 15) is 4.79 Å². The zero-order chi connectivity index (χ0) is 15.5. The van der Waals surface area contributed by atoms with Gasteiger partial charge in [0.2, 0.25) is 11.9 Å². The number of nitrogen functional groups attached to an aromatic ring is 1. The lowest BCUT2D eigenvalue weighted by atomic mass is 9.94. The van der Waals surface area contributed by atoms with Crippen LogP contribution in [0.1, 0.15) is 37.9 Å². The number of carbonyl (C=O) groups excluding carboxylic acids is 1. The van der Waals surface area contributed by atoms with Crippen molar-refractivity contribution in [2.24, 2.45) is 0 Å². The summed E-state index contributed by atoms with van der Waals surface area (Å²) in [5.41, 5.74) is 8.66. The Morgan fingerprint density at radius 1 is 1.27 bits per heavy atom. The van der Waals surface area contributed by atoms with E-state index in [1.807, 2.05) is 35.2 Å². The molecule has 2 heterocycles. The van der Waals surface area contributed by atoms with Gasteiger partial charge in [0.15, 0.2) is 0 Å². The molecule has 1 fully saturated rings. The van der Waals surface area contributed by atoms with Gasteiger partial charge < -0.3 is 10.6 Å². The number of amides is 1. The molecule has 5 heteroatoms. The summed E-state index contributed by atoms with van der Waals surface area (Å²) in [6, 6.07) is 9.98. The van der Waals surface area contributed by atoms with E-state index in [1.54, 1.807) is 13.1 Å². The number of nitrogens with zero attached hydrogens (tertiary/aromatic N) is 3. The lowest BCUT2D eigenvalue weighted by Crippen LogP contribution is -2.37. The van der Waals surface area contributed by atoms with Crippen molar-refractivity contribution in [2.75, 3.05) is 12.3 Å². The van der Waals surface area contributed by atoms with Gasteiger partial charge in [0.1, 0.15) is 0 Å². The monoisotopic (exact) mass is 296 g/mol. The molecule has 22 heavy (non-hydrogen) atoms. The summed E-state index contributed by atoms with van der Waals surface area (Å²) in [6.07, 6.45) is 4.81. The Balaban J connectivity index is 2.09. The largest absolute Gasteiger partial charge is 0.368 e. The Morgan fingerprint density at radius 3 is 2.77 bits per heavy atom. The van der Waals surface area contributed by atoms with Crippen molar-refractivity contribution < 1.29 is 4.79 Å². The van der Waals surface area contributed by atoms with Gasteiger partial charge in [0.25, 0.3) is 0 Å². The van der Waals surface area contributed by atoms with E-state index in [1.165, 1.54) is 0 Å². The molecule has 0 bridgehead atoms. The lowest BCUT2D eigenvalue weighted by Gasteiger charge is -2.35. The molecule has 0 spiro atoms. The summed E-state index contributed by atoms with van der Waals surface area (Å²) in [5, 5.41) is 0. The minimum atomic E-state index is -0.0215. The maximum Gasteiger partial charge on any atom is 0.220 e. The first-order chi connectivity index (χ1) is 10.7. The molecule has 5 nitrogen and oxygen atoms in total. The number of aromatic nitrogens is 2. The SMILES string of the molecule is CC(=O)N1CCCC[C@H]1c1nc(N)ncc1-c1ccccc1. The van der Waals surface area contributed by atoms with E-state index in [2.05, 4.69) is 9.97 Å². The molecule has 0 aliphatic carbocycles. The molecule has 2 N–H and O–H groups in total. The van der Waals surface area contributed by atoms with Gasteiger partial charge in [-0.15, -0.1) is 0 Å². The average molecular weight is 296 g/mol. The minimum absolute atomic E-state index is 0.0215.